The highest BCUT2D eigenvalue weighted by atomic mass is 19.1. The third-order valence-electron chi connectivity index (χ3n) is 6.05. The Hall–Kier alpha value is -2.56. The van der Waals surface area contributed by atoms with Crippen LogP contribution in [0.1, 0.15) is 43.1 Å². The van der Waals surface area contributed by atoms with E-state index in [0.29, 0.717) is 6.73 Å². The molecule has 4 heteroatoms. The van der Waals surface area contributed by atoms with Crippen LogP contribution in [0, 0.1) is 12.7 Å². The monoisotopic (exact) mass is 390 g/mol. The molecule has 0 radical (unpaired) electrons. The van der Waals surface area contributed by atoms with Gasteiger partial charge in [-0.2, -0.15) is 0 Å². The van der Waals surface area contributed by atoms with E-state index < -0.39 is 0 Å². The number of hydrogen-bond donors (Lipinski definition) is 0. The first kappa shape index (κ1) is 19.7. The van der Waals surface area contributed by atoms with Crippen LogP contribution in [0.5, 0.6) is 0 Å². The molecule has 0 bridgehead atoms. The normalized spacial score (nSPS) is 21.1. The lowest BCUT2D eigenvalue weighted by Gasteiger charge is -2.42. The zero-order valence-electron chi connectivity index (χ0n) is 17.2. The van der Waals surface area contributed by atoms with E-state index in [1.165, 1.54) is 28.8 Å². The second-order valence-electron chi connectivity index (χ2n) is 8.06. The number of rotatable bonds is 4. The van der Waals surface area contributed by atoms with E-state index in [9.17, 15) is 4.39 Å². The molecule has 1 aliphatic rings. The molecule has 1 fully saturated rings. The molecule has 1 aromatic heterocycles. The minimum atomic E-state index is -0.368. The van der Waals surface area contributed by atoms with Gasteiger partial charge in [-0.3, -0.25) is 9.88 Å². The first-order valence-electron chi connectivity index (χ1n) is 10.1. The molecule has 4 rings (SSSR count). The van der Waals surface area contributed by atoms with E-state index in [0.717, 1.165) is 24.2 Å². The van der Waals surface area contributed by atoms with Gasteiger partial charge in [0.25, 0.3) is 0 Å². The smallest absolute Gasteiger partial charge is 0.123 e. The van der Waals surface area contributed by atoms with Gasteiger partial charge < -0.3 is 4.74 Å². The number of aryl methyl sites for hydroxylation is 1. The topological polar surface area (TPSA) is 25.4 Å². The van der Waals surface area contributed by atoms with Crippen LogP contribution in [0.4, 0.5) is 4.39 Å². The Balaban J connectivity index is 1.43. The second-order valence-corrected chi connectivity index (χ2v) is 8.06. The van der Waals surface area contributed by atoms with Gasteiger partial charge in [-0.05, 0) is 73.7 Å². The Bertz CT molecular complexity index is 961. The van der Waals surface area contributed by atoms with Gasteiger partial charge >= 0.3 is 0 Å². The second kappa shape index (κ2) is 8.05. The van der Waals surface area contributed by atoms with Crippen molar-refractivity contribution in [2.24, 2.45) is 0 Å². The van der Waals surface area contributed by atoms with Crippen molar-refractivity contribution in [3.63, 3.8) is 0 Å². The van der Waals surface area contributed by atoms with Crippen LogP contribution in [0.25, 0.3) is 11.1 Å². The minimum Gasteiger partial charge on any atom is -0.355 e. The van der Waals surface area contributed by atoms with Crippen molar-refractivity contribution >= 4 is 0 Å². The van der Waals surface area contributed by atoms with E-state index in [4.69, 9.17) is 4.74 Å². The molecule has 3 nitrogen and oxygen atoms in total. The summed E-state index contributed by atoms with van der Waals surface area (Å²) in [5.74, 6) is -0.214. The fourth-order valence-electron chi connectivity index (χ4n) is 3.94. The predicted octanol–water partition coefficient (Wildman–Crippen LogP) is 5.85. The fourth-order valence-corrected chi connectivity index (χ4v) is 3.94. The molecule has 0 saturated carbocycles. The molecule has 1 unspecified atom stereocenters. The summed E-state index contributed by atoms with van der Waals surface area (Å²) < 4.78 is 19.5. The summed E-state index contributed by atoms with van der Waals surface area (Å²) >= 11 is 0. The van der Waals surface area contributed by atoms with Gasteiger partial charge in [-0.25, -0.2) is 4.39 Å². The Kier molecular flexibility index (Phi) is 5.48. The molecule has 3 aromatic rings. The highest BCUT2D eigenvalue weighted by Gasteiger charge is 2.34. The number of ether oxygens (including phenoxy) is 1. The molecule has 0 aliphatic carbocycles. The van der Waals surface area contributed by atoms with Crippen LogP contribution in [0.2, 0.25) is 0 Å². The van der Waals surface area contributed by atoms with Crippen LogP contribution < -0.4 is 0 Å². The Morgan fingerprint density at radius 2 is 1.76 bits per heavy atom. The van der Waals surface area contributed by atoms with E-state index in [-0.39, 0.29) is 17.5 Å². The molecule has 2 heterocycles. The zero-order valence-corrected chi connectivity index (χ0v) is 17.2. The maximum Gasteiger partial charge on any atom is 0.123 e. The van der Waals surface area contributed by atoms with Crippen LogP contribution in [0.3, 0.4) is 0 Å². The highest BCUT2D eigenvalue weighted by Crippen LogP contribution is 2.35. The third kappa shape index (κ3) is 4.24. The van der Waals surface area contributed by atoms with E-state index >= 15 is 0 Å². The number of halogens is 1. The van der Waals surface area contributed by atoms with Crippen molar-refractivity contribution < 1.29 is 9.13 Å². The summed E-state index contributed by atoms with van der Waals surface area (Å²) in [5, 5.41) is 0. The lowest BCUT2D eigenvalue weighted by Crippen LogP contribution is -2.44. The Labute approximate surface area is 172 Å². The average Bonchev–Trinajstić information content (AvgIpc) is 2.74. The maximum absolute atomic E-state index is 13.2. The van der Waals surface area contributed by atoms with Crippen molar-refractivity contribution in [1.29, 1.82) is 0 Å². The Morgan fingerprint density at radius 1 is 1.03 bits per heavy atom. The molecular weight excluding hydrogens is 363 g/mol. The lowest BCUT2D eigenvalue weighted by atomic mass is 9.90. The molecular formula is C25H27FN2O. The standard InChI is InChI=1S/C25H27FN2O/c1-18-16-22(12-14-27-18)21-6-4-20(5-7-21)19(2)28-15-13-25(3,29-17-28)23-8-10-24(26)11-9-23/h4-12,14,16,19H,13,15,17H2,1-3H3/t19-,25?/m0/s1. The van der Waals surface area contributed by atoms with Crippen LogP contribution >= 0.6 is 0 Å². The van der Waals surface area contributed by atoms with E-state index in [2.05, 4.69) is 54.1 Å². The first-order valence-corrected chi connectivity index (χ1v) is 10.1. The largest absolute Gasteiger partial charge is 0.355 e. The van der Waals surface area contributed by atoms with Gasteiger partial charge in [0, 0.05) is 24.5 Å². The summed E-state index contributed by atoms with van der Waals surface area (Å²) in [6, 6.07) is 19.8. The van der Waals surface area contributed by atoms with Crippen molar-refractivity contribution in [3.05, 3.63) is 89.5 Å². The maximum atomic E-state index is 13.2. The van der Waals surface area contributed by atoms with Gasteiger partial charge in [-0.15, -0.1) is 0 Å². The van der Waals surface area contributed by atoms with Crippen LogP contribution in [-0.4, -0.2) is 23.2 Å². The van der Waals surface area contributed by atoms with E-state index in [1.54, 1.807) is 0 Å². The number of hydrogen-bond acceptors (Lipinski definition) is 3. The van der Waals surface area contributed by atoms with Crippen molar-refractivity contribution in [1.82, 2.24) is 9.88 Å². The summed E-state index contributed by atoms with van der Waals surface area (Å²) in [6.07, 6.45) is 2.72. The van der Waals surface area contributed by atoms with Gasteiger partial charge in [-0.1, -0.05) is 36.4 Å². The average molecular weight is 391 g/mol. The molecule has 0 spiro atoms. The van der Waals surface area contributed by atoms with Crippen molar-refractivity contribution in [2.45, 2.75) is 38.8 Å². The molecule has 29 heavy (non-hydrogen) atoms. The molecule has 2 aromatic carbocycles. The molecule has 0 amide bonds. The molecule has 0 N–H and O–H groups in total. The Morgan fingerprint density at radius 3 is 2.38 bits per heavy atom. The van der Waals surface area contributed by atoms with Crippen LogP contribution in [-0.2, 0) is 10.3 Å². The van der Waals surface area contributed by atoms with Crippen LogP contribution in [0.15, 0.2) is 66.9 Å². The summed E-state index contributed by atoms with van der Waals surface area (Å²) in [6.45, 7) is 7.81. The van der Waals surface area contributed by atoms with E-state index in [1.807, 2.05) is 31.3 Å². The van der Waals surface area contributed by atoms with Gasteiger partial charge in [0.15, 0.2) is 0 Å². The van der Waals surface area contributed by atoms with Gasteiger partial charge in [0.1, 0.15) is 12.5 Å². The minimum absolute atomic E-state index is 0.214. The molecule has 2 atom stereocenters. The van der Waals surface area contributed by atoms with Crippen molar-refractivity contribution in [2.75, 3.05) is 13.3 Å². The van der Waals surface area contributed by atoms with Gasteiger partial charge in [0.2, 0.25) is 0 Å². The summed E-state index contributed by atoms with van der Waals surface area (Å²) in [5.41, 5.74) is 5.34. The predicted molar refractivity (Wildman–Crippen MR) is 114 cm³/mol. The van der Waals surface area contributed by atoms with Gasteiger partial charge in [0.05, 0.1) is 5.60 Å². The fraction of sp³-hybridized carbons (Fsp3) is 0.320. The molecule has 1 saturated heterocycles. The quantitative estimate of drug-likeness (QED) is 0.558. The SMILES string of the molecule is Cc1cc(-c2ccc([C@H](C)N3CCC(C)(c4ccc(F)cc4)OC3)cc2)ccn1. The summed E-state index contributed by atoms with van der Waals surface area (Å²) in [7, 11) is 0. The lowest BCUT2D eigenvalue weighted by molar-refractivity contribution is -0.144. The first-order chi connectivity index (χ1) is 13.9. The molecule has 1 aliphatic heterocycles. The zero-order chi connectivity index (χ0) is 20.4. The molecule has 150 valence electrons. The number of pyridine rings is 1. The number of benzene rings is 2. The number of nitrogens with zero attached hydrogens (tertiary/aromatic N) is 2. The number of aromatic nitrogens is 1. The summed E-state index contributed by atoms with van der Waals surface area (Å²) in [4.78, 5) is 6.62. The third-order valence-corrected chi connectivity index (χ3v) is 6.05. The highest BCUT2D eigenvalue weighted by molar-refractivity contribution is 5.63. The van der Waals surface area contributed by atoms with Crippen molar-refractivity contribution in [3.8, 4) is 11.1 Å².